The first-order chi connectivity index (χ1) is 6.56. The van der Waals surface area contributed by atoms with Gasteiger partial charge < -0.3 is 10.5 Å². The molecule has 1 aromatic rings. The summed E-state index contributed by atoms with van der Waals surface area (Å²) in [5.74, 6) is 0.684. The van der Waals surface area contributed by atoms with Gasteiger partial charge in [-0.05, 0) is 20.3 Å². The summed E-state index contributed by atoms with van der Waals surface area (Å²) < 4.78 is 7.40. The number of aromatic nitrogens is 2. The number of hydrogen-bond acceptors (Lipinski definition) is 3. The Bertz CT molecular complexity index is 307. The summed E-state index contributed by atoms with van der Waals surface area (Å²) in [6, 6.07) is 0. The third-order valence-corrected chi connectivity index (χ3v) is 2.22. The summed E-state index contributed by atoms with van der Waals surface area (Å²) in [7, 11) is 1.84. The highest BCUT2D eigenvalue weighted by molar-refractivity contribution is 5.52. The zero-order valence-electron chi connectivity index (χ0n) is 9.37. The second-order valence-electron chi connectivity index (χ2n) is 3.64. The molecule has 0 aliphatic carbocycles. The van der Waals surface area contributed by atoms with Crippen molar-refractivity contribution in [1.29, 1.82) is 0 Å². The molecular formula is C10H19N3O. The molecule has 0 amide bonds. The number of hydrogen-bond donors (Lipinski definition) is 1. The molecule has 0 aliphatic heterocycles. The van der Waals surface area contributed by atoms with E-state index in [0.29, 0.717) is 11.6 Å². The molecule has 1 atom stereocenters. The first kappa shape index (κ1) is 10.9. The van der Waals surface area contributed by atoms with Gasteiger partial charge in [0.15, 0.2) is 0 Å². The highest BCUT2D eigenvalue weighted by atomic mass is 16.5. The van der Waals surface area contributed by atoms with Crippen LogP contribution in [-0.2, 0) is 7.05 Å². The molecule has 4 nitrogen and oxygen atoms in total. The molecule has 14 heavy (non-hydrogen) atoms. The first-order valence-electron chi connectivity index (χ1n) is 5.02. The standard InChI is InChI=1S/C10H19N3O/c1-5-6-7(2)14-10-9(11)8(3)12-13(10)4/h7H,5-6,11H2,1-4H3. The van der Waals surface area contributed by atoms with E-state index in [0.717, 1.165) is 18.5 Å². The Morgan fingerprint density at radius 2 is 2.21 bits per heavy atom. The summed E-state index contributed by atoms with van der Waals surface area (Å²) in [4.78, 5) is 0. The van der Waals surface area contributed by atoms with Gasteiger partial charge in [0.25, 0.3) is 0 Å². The summed E-state index contributed by atoms with van der Waals surface area (Å²) >= 11 is 0. The minimum atomic E-state index is 0.192. The van der Waals surface area contributed by atoms with Crippen LogP contribution in [0.25, 0.3) is 0 Å². The number of nitrogen functional groups attached to an aromatic ring is 1. The number of ether oxygens (including phenoxy) is 1. The third kappa shape index (κ3) is 2.19. The van der Waals surface area contributed by atoms with Crippen molar-refractivity contribution in [2.45, 2.75) is 39.7 Å². The van der Waals surface area contributed by atoms with Crippen LogP contribution >= 0.6 is 0 Å². The molecule has 0 spiro atoms. The second kappa shape index (κ2) is 4.35. The molecule has 4 heteroatoms. The lowest BCUT2D eigenvalue weighted by atomic mass is 10.2. The van der Waals surface area contributed by atoms with E-state index in [2.05, 4.69) is 12.0 Å². The van der Waals surface area contributed by atoms with Crippen molar-refractivity contribution < 1.29 is 4.74 Å². The van der Waals surface area contributed by atoms with Crippen molar-refractivity contribution in [1.82, 2.24) is 9.78 Å². The fourth-order valence-electron chi connectivity index (χ4n) is 1.45. The van der Waals surface area contributed by atoms with Crippen LogP contribution in [0.5, 0.6) is 5.88 Å². The molecule has 1 heterocycles. The molecule has 1 unspecified atom stereocenters. The van der Waals surface area contributed by atoms with Crippen LogP contribution in [0, 0.1) is 6.92 Å². The third-order valence-electron chi connectivity index (χ3n) is 2.22. The lowest BCUT2D eigenvalue weighted by Crippen LogP contribution is -2.14. The predicted octanol–water partition coefficient (Wildman–Crippen LogP) is 1.88. The van der Waals surface area contributed by atoms with Gasteiger partial charge in [-0.15, -0.1) is 0 Å². The van der Waals surface area contributed by atoms with Crippen LogP contribution in [0.2, 0.25) is 0 Å². The van der Waals surface area contributed by atoms with E-state index in [1.807, 2.05) is 20.9 Å². The maximum absolute atomic E-state index is 5.84. The van der Waals surface area contributed by atoms with Crippen LogP contribution in [0.3, 0.4) is 0 Å². The average molecular weight is 197 g/mol. The van der Waals surface area contributed by atoms with Crippen LogP contribution in [0.1, 0.15) is 32.4 Å². The lowest BCUT2D eigenvalue weighted by molar-refractivity contribution is 0.193. The normalized spacial score (nSPS) is 12.9. The van der Waals surface area contributed by atoms with E-state index in [-0.39, 0.29) is 6.10 Å². The molecule has 0 fully saturated rings. The summed E-state index contributed by atoms with van der Waals surface area (Å²) in [5.41, 5.74) is 7.31. The van der Waals surface area contributed by atoms with Gasteiger partial charge in [0.2, 0.25) is 5.88 Å². The Hall–Kier alpha value is -1.19. The van der Waals surface area contributed by atoms with E-state index in [9.17, 15) is 0 Å². The van der Waals surface area contributed by atoms with Crippen molar-refractivity contribution in [2.24, 2.45) is 7.05 Å². The predicted molar refractivity (Wildman–Crippen MR) is 57.4 cm³/mol. The number of aryl methyl sites for hydroxylation is 2. The van der Waals surface area contributed by atoms with E-state index in [1.165, 1.54) is 0 Å². The van der Waals surface area contributed by atoms with Gasteiger partial charge in [0.05, 0.1) is 11.8 Å². The van der Waals surface area contributed by atoms with E-state index < -0.39 is 0 Å². The topological polar surface area (TPSA) is 53.1 Å². The maximum Gasteiger partial charge on any atom is 0.236 e. The summed E-state index contributed by atoms with van der Waals surface area (Å²) in [5, 5.41) is 4.19. The Labute approximate surface area is 85.0 Å². The monoisotopic (exact) mass is 197 g/mol. The summed E-state index contributed by atoms with van der Waals surface area (Å²) in [6.45, 7) is 6.07. The van der Waals surface area contributed by atoms with Gasteiger partial charge in [-0.3, -0.25) is 0 Å². The van der Waals surface area contributed by atoms with Gasteiger partial charge in [-0.2, -0.15) is 5.10 Å². The maximum atomic E-state index is 5.84. The minimum absolute atomic E-state index is 0.192. The van der Waals surface area contributed by atoms with Gasteiger partial charge >= 0.3 is 0 Å². The second-order valence-corrected chi connectivity index (χ2v) is 3.64. The Kier molecular flexibility index (Phi) is 3.38. The molecule has 1 rings (SSSR count). The van der Waals surface area contributed by atoms with Crippen molar-refractivity contribution in [3.8, 4) is 5.88 Å². The van der Waals surface area contributed by atoms with Gasteiger partial charge in [0, 0.05) is 7.05 Å². The van der Waals surface area contributed by atoms with Crippen molar-refractivity contribution in [2.75, 3.05) is 5.73 Å². The van der Waals surface area contributed by atoms with E-state index in [1.54, 1.807) is 4.68 Å². The highest BCUT2D eigenvalue weighted by Crippen LogP contribution is 2.25. The van der Waals surface area contributed by atoms with Crippen LogP contribution < -0.4 is 10.5 Å². The Morgan fingerprint density at radius 3 is 2.64 bits per heavy atom. The molecule has 0 saturated heterocycles. The zero-order chi connectivity index (χ0) is 10.7. The quantitative estimate of drug-likeness (QED) is 0.801. The molecule has 0 bridgehead atoms. The fourth-order valence-corrected chi connectivity index (χ4v) is 1.45. The van der Waals surface area contributed by atoms with Gasteiger partial charge in [-0.1, -0.05) is 13.3 Å². The molecule has 0 aromatic carbocycles. The van der Waals surface area contributed by atoms with Crippen LogP contribution in [-0.4, -0.2) is 15.9 Å². The van der Waals surface area contributed by atoms with Crippen molar-refractivity contribution in [3.63, 3.8) is 0 Å². The van der Waals surface area contributed by atoms with Gasteiger partial charge in [-0.25, -0.2) is 4.68 Å². The zero-order valence-corrected chi connectivity index (χ0v) is 9.37. The smallest absolute Gasteiger partial charge is 0.236 e. The van der Waals surface area contributed by atoms with E-state index in [4.69, 9.17) is 10.5 Å². The fraction of sp³-hybridized carbons (Fsp3) is 0.700. The van der Waals surface area contributed by atoms with Crippen molar-refractivity contribution in [3.05, 3.63) is 5.69 Å². The van der Waals surface area contributed by atoms with Crippen LogP contribution in [0.4, 0.5) is 5.69 Å². The minimum Gasteiger partial charge on any atom is -0.473 e. The van der Waals surface area contributed by atoms with E-state index >= 15 is 0 Å². The molecule has 0 aliphatic rings. The highest BCUT2D eigenvalue weighted by Gasteiger charge is 2.13. The van der Waals surface area contributed by atoms with Crippen molar-refractivity contribution >= 4 is 5.69 Å². The number of nitrogens with zero attached hydrogens (tertiary/aromatic N) is 2. The number of rotatable bonds is 4. The number of nitrogens with two attached hydrogens (primary N) is 1. The van der Waals surface area contributed by atoms with Gasteiger partial charge in [0.1, 0.15) is 5.69 Å². The molecule has 0 saturated carbocycles. The molecule has 0 radical (unpaired) electrons. The lowest BCUT2D eigenvalue weighted by Gasteiger charge is -2.13. The molecular weight excluding hydrogens is 178 g/mol. The summed E-state index contributed by atoms with van der Waals surface area (Å²) in [6.07, 6.45) is 2.33. The average Bonchev–Trinajstić information content (AvgIpc) is 2.33. The molecule has 2 N–H and O–H groups in total. The molecule has 80 valence electrons. The first-order valence-corrected chi connectivity index (χ1v) is 5.02. The largest absolute Gasteiger partial charge is 0.473 e. The van der Waals surface area contributed by atoms with Crippen LogP contribution in [0.15, 0.2) is 0 Å². The Balaban J connectivity index is 2.75. The SMILES string of the molecule is CCCC(C)Oc1c(N)c(C)nn1C. The Morgan fingerprint density at radius 1 is 1.57 bits per heavy atom. The molecule has 1 aromatic heterocycles. The number of anilines is 1.